The van der Waals surface area contributed by atoms with E-state index in [2.05, 4.69) is 9.84 Å². The summed E-state index contributed by atoms with van der Waals surface area (Å²) >= 11 is 8.03. The molecule has 0 unspecified atom stereocenters. The van der Waals surface area contributed by atoms with Crippen molar-refractivity contribution in [3.8, 4) is 5.69 Å². The molecule has 0 aliphatic heterocycles. The number of methoxy groups -OCH3 is 2. The Labute approximate surface area is 139 Å². The molecule has 0 saturated heterocycles. The predicted octanol–water partition coefficient (Wildman–Crippen LogP) is 2.70. The number of halogens is 2. The van der Waals surface area contributed by atoms with Crippen LogP contribution in [0.5, 0.6) is 0 Å². The van der Waals surface area contributed by atoms with E-state index in [9.17, 15) is 9.59 Å². The van der Waals surface area contributed by atoms with Crippen molar-refractivity contribution in [1.29, 1.82) is 0 Å². The number of nitrogens with zero attached hydrogens (tertiary/aromatic N) is 2. The summed E-state index contributed by atoms with van der Waals surface area (Å²) in [6.07, 6.45) is 0. The molecule has 0 amide bonds. The molecular formula is C13H10ClIN2O4. The minimum absolute atomic E-state index is 0.0462. The first kappa shape index (κ1) is 15.8. The van der Waals surface area contributed by atoms with Gasteiger partial charge in [0.25, 0.3) is 0 Å². The Morgan fingerprint density at radius 3 is 2.38 bits per heavy atom. The smallest absolute Gasteiger partial charge is 0.359 e. The molecule has 2 aromatic rings. The van der Waals surface area contributed by atoms with E-state index in [4.69, 9.17) is 16.3 Å². The van der Waals surface area contributed by atoms with Crippen LogP contribution in [0.2, 0.25) is 5.02 Å². The lowest BCUT2D eigenvalue weighted by Gasteiger charge is -2.05. The van der Waals surface area contributed by atoms with Crippen LogP contribution in [0, 0.1) is 3.70 Å². The van der Waals surface area contributed by atoms with Crippen LogP contribution in [-0.2, 0) is 9.47 Å². The largest absolute Gasteiger partial charge is 0.465 e. The fraction of sp³-hybridized carbons (Fsp3) is 0.154. The van der Waals surface area contributed by atoms with E-state index in [0.717, 1.165) is 0 Å². The minimum Gasteiger partial charge on any atom is -0.465 e. The van der Waals surface area contributed by atoms with Gasteiger partial charge in [0.15, 0.2) is 5.69 Å². The van der Waals surface area contributed by atoms with Gasteiger partial charge in [0.2, 0.25) is 0 Å². The fourth-order valence-electron chi connectivity index (χ4n) is 1.70. The third kappa shape index (κ3) is 2.88. The molecule has 1 heterocycles. The molecule has 1 aromatic heterocycles. The van der Waals surface area contributed by atoms with E-state index in [0.29, 0.717) is 14.4 Å². The van der Waals surface area contributed by atoms with Crippen LogP contribution in [-0.4, -0.2) is 35.9 Å². The molecule has 0 N–H and O–H groups in total. The van der Waals surface area contributed by atoms with Crippen molar-refractivity contribution in [2.75, 3.05) is 14.2 Å². The van der Waals surface area contributed by atoms with E-state index < -0.39 is 11.9 Å². The molecule has 0 saturated carbocycles. The highest BCUT2D eigenvalue weighted by Gasteiger charge is 2.29. The molecule has 0 aliphatic rings. The van der Waals surface area contributed by atoms with Gasteiger partial charge in [0, 0.05) is 0 Å². The molecule has 6 nitrogen and oxygen atoms in total. The van der Waals surface area contributed by atoms with Crippen molar-refractivity contribution in [3.05, 3.63) is 44.2 Å². The first-order chi connectivity index (χ1) is 10.0. The van der Waals surface area contributed by atoms with Gasteiger partial charge in [-0.3, -0.25) is 0 Å². The van der Waals surface area contributed by atoms with Crippen LogP contribution in [0.25, 0.3) is 5.69 Å². The van der Waals surface area contributed by atoms with Crippen LogP contribution in [0.1, 0.15) is 20.8 Å². The first-order valence-corrected chi connectivity index (χ1v) is 7.17. The minimum atomic E-state index is -0.723. The molecule has 0 fully saturated rings. The number of ether oxygens (including phenoxy) is 2. The van der Waals surface area contributed by atoms with E-state index >= 15 is 0 Å². The Morgan fingerprint density at radius 2 is 1.81 bits per heavy atom. The SMILES string of the molecule is COC(=O)c1nn(-c2ccccc2Cl)c(I)c1C(=O)OC. The van der Waals surface area contributed by atoms with Gasteiger partial charge >= 0.3 is 11.9 Å². The van der Waals surface area contributed by atoms with Gasteiger partial charge in [-0.05, 0) is 34.7 Å². The van der Waals surface area contributed by atoms with Crippen molar-refractivity contribution < 1.29 is 19.1 Å². The maximum absolute atomic E-state index is 11.9. The van der Waals surface area contributed by atoms with Crippen molar-refractivity contribution in [2.45, 2.75) is 0 Å². The number of rotatable bonds is 3. The second-order valence-electron chi connectivity index (χ2n) is 3.86. The normalized spacial score (nSPS) is 10.3. The number of benzene rings is 1. The average Bonchev–Trinajstić information content (AvgIpc) is 2.83. The lowest BCUT2D eigenvalue weighted by molar-refractivity contribution is 0.0551. The molecule has 0 spiro atoms. The third-order valence-corrected chi connectivity index (χ3v) is 3.99. The third-order valence-electron chi connectivity index (χ3n) is 2.68. The Hall–Kier alpha value is -1.61. The highest BCUT2D eigenvalue weighted by Crippen LogP contribution is 2.26. The predicted molar refractivity (Wildman–Crippen MR) is 84.0 cm³/mol. The number of para-hydroxylation sites is 1. The van der Waals surface area contributed by atoms with Gasteiger partial charge < -0.3 is 9.47 Å². The second kappa shape index (κ2) is 6.44. The van der Waals surface area contributed by atoms with Gasteiger partial charge in [0.1, 0.15) is 9.26 Å². The molecule has 0 atom stereocenters. The molecule has 2 rings (SSSR count). The van der Waals surface area contributed by atoms with Crippen LogP contribution in [0.3, 0.4) is 0 Å². The summed E-state index contributed by atoms with van der Waals surface area (Å²) < 4.78 is 11.2. The monoisotopic (exact) mass is 420 g/mol. The number of esters is 2. The molecule has 8 heteroatoms. The molecule has 1 aromatic carbocycles. The van der Waals surface area contributed by atoms with E-state index in [-0.39, 0.29) is 11.3 Å². The number of hydrogen-bond acceptors (Lipinski definition) is 5. The van der Waals surface area contributed by atoms with Crippen LogP contribution in [0.4, 0.5) is 0 Å². The summed E-state index contributed by atoms with van der Waals surface area (Å²) in [6, 6.07) is 6.95. The molecule has 110 valence electrons. The quantitative estimate of drug-likeness (QED) is 0.564. The number of carbonyl (C=O) groups is 2. The summed E-state index contributed by atoms with van der Waals surface area (Å²) in [6.45, 7) is 0. The summed E-state index contributed by atoms with van der Waals surface area (Å²) in [5.74, 6) is -1.39. The Kier molecular flexibility index (Phi) is 4.84. The van der Waals surface area contributed by atoms with E-state index in [1.807, 2.05) is 22.6 Å². The number of carbonyl (C=O) groups excluding carboxylic acids is 2. The Bertz CT molecular complexity index is 714. The fourth-order valence-corrected chi connectivity index (χ4v) is 2.76. The molecule has 0 radical (unpaired) electrons. The van der Waals surface area contributed by atoms with Crippen LogP contribution < -0.4 is 0 Å². The Balaban J connectivity index is 2.70. The van der Waals surface area contributed by atoms with Gasteiger partial charge in [-0.25, -0.2) is 14.3 Å². The van der Waals surface area contributed by atoms with Crippen LogP contribution >= 0.6 is 34.2 Å². The zero-order valence-electron chi connectivity index (χ0n) is 11.1. The first-order valence-electron chi connectivity index (χ1n) is 5.71. The standard InChI is InChI=1S/C13H10ClIN2O4/c1-20-12(18)9-10(13(19)21-2)16-17(11(9)15)8-6-4-3-5-7(8)14/h3-6H,1-2H3. The zero-order valence-corrected chi connectivity index (χ0v) is 14.0. The van der Waals surface area contributed by atoms with E-state index in [1.165, 1.54) is 18.9 Å². The van der Waals surface area contributed by atoms with Gasteiger partial charge in [-0.2, -0.15) is 5.10 Å². The maximum Gasteiger partial charge on any atom is 0.359 e. The summed E-state index contributed by atoms with van der Waals surface area (Å²) in [5, 5.41) is 4.57. The second-order valence-corrected chi connectivity index (χ2v) is 5.29. The molecule has 0 aliphatic carbocycles. The average molecular weight is 421 g/mol. The van der Waals surface area contributed by atoms with Gasteiger partial charge in [-0.1, -0.05) is 23.7 Å². The van der Waals surface area contributed by atoms with E-state index in [1.54, 1.807) is 24.3 Å². The Morgan fingerprint density at radius 1 is 1.19 bits per heavy atom. The molecule has 21 heavy (non-hydrogen) atoms. The summed E-state index contributed by atoms with van der Waals surface area (Å²) in [4.78, 5) is 23.7. The lowest BCUT2D eigenvalue weighted by Crippen LogP contribution is -2.11. The highest BCUT2D eigenvalue weighted by molar-refractivity contribution is 14.1. The maximum atomic E-state index is 11.9. The summed E-state index contributed by atoms with van der Waals surface area (Å²) in [5.41, 5.74) is 0.474. The van der Waals surface area contributed by atoms with Crippen molar-refractivity contribution in [3.63, 3.8) is 0 Å². The molecular weight excluding hydrogens is 411 g/mol. The summed E-state index contributed by atoms with van der Waals surface area (Å²) in [7, 11) is 2.44. The number of aromatic nitrogens is 2. The topological polar surface area (TPSA) is 70.4 Å². The van der Waals surface area contributed by atoms with Gasteiger partial charge in [-0.15, -0.1) is 0 Å². The highest BCUT2D eigenvalue weighted by atomic mass is 127. The van der Waals surface area contributed by atoms with Crippen LogP contribution in [0.15, 0.2) is 24.3 Å². The zero-order chi connectivity index (χ0) is 15.6. The molecule has 0 bridgehead atoms. The van der Waals surface area contributed by atoms with Crippen molar-refractivity contribution in [1.82, 2.24) is 9.78 Å². The van der Waals surface area contributed by atoms with Crippen molar-refractivity contribution in [2.24, 2.45) is 0 Å². The lowest BCUT2D eigenvalue weighted by atomic mass is 10.2. The van der Waals surface area contributed by atoms with Crippen molar-refractivity contribution >= 4 is 46.1 Å². The van der Waals surface area contributed by atoms with Gasteiger partial charge in [0.05, 0.1) is 24.9 Å². The number of hydrogen-bond donors (Lipinski definition) is 0.